The molecule has 0 saturated heterocycles. The van der Waals surface area contributed by atoms with Crippen LogP contribution < -0.4 is 0 Å². The Morgan fingerprint density at radius 1 is 0.929 bits per heavy atom. The van der Waals surface area contributed by atoms with Crippen molar-refractivity contribution in [2.75, 3.05) is 40.8 Å². The van der Waals surface area contributed by atoms with Gasteiger partial charge in [0.2, 0.25) is 0 Å². The molecule has 0 N–H and O–H groups in total. The van der Waals surface area contributed by atoms with E-state index in [9.17, 15) is 0 Å². The zero-order chi connectivity index (χ0) is 10.8. The van der Waals surface area contributed by atoms with Crippen molar-refractivity contribution in [3.8, 4) is 0 Å². The molecule has 0 aromatic carbocycles. The fourth-order valence-electron chi connectivity index (χ4n) is 1.41. The van der Waals surface area contributed by atoms with Gasteiger partial charge in [-0.25, -0.2) is 0 Å². The van der Waals surface area contributed by atoms with Crippen molar-refractivity contribution in [1.29, 1.82) is 0 Å². The Morgan fingerprint density at radius 3 is 2.14 bits per heavy atom. The van der Waals surface area contributed by atoms with Crippen LogP contribution in [0.15, 0.2) is 12.7 Å². The average molecular weight is 198 g/mol. The van der Waals surface area contributed by atoms with Gasteiger partial charge in [0.1, 0.15) is 0 Å². The number of rotatable bonds is 9. The summed E-state index contributed by atoms with van der Waals surface area (Å²) >= 11 is 0. The van der Waals surface area contributed by atoms with Gasteiger partial charge in [0.05, 0.1) is 0 Å². The van der Waals surface area contributed by atoms with E-state index >= 15 is 0 Å². The largest absolute Gasteiger partial charge is 0.309 e. The van der Waals surface area contributed by atoms with Crippen molar-refractivity contribution in [2.45, 2.75) is 25.7 Å². The van der Waals surface area contributed by atoms with Crippen molar-refractivity contribution in [2.24, 2.45) is 0 Å². The molecule has 0 spiro atoms. The molecular weight excluding hydrogens is 172 g/mol. The monoisotopic (exact) mass is 198 g/mol. The third-order valence-electron chi connectivity index (χ3n) is 2.36. The van der Waals surface area contributed by atoms with Crippen LogP contribution in [-0.4, -0.2) is 50.6 Å². The number of hydrogen-bond donors (Lipinski definition) is 0. The van der Waals surface area contributed by atoms with Crippen LogP contribution in [0.25, 0.3) is 0 Å². The van der Waals surface area contributed by atoms with Crippen LogP contribution in [-0.2, 0) is 0 Å². The highest BCUT2D eigenvalue weighted by atomic mass is 15.1. The standard InChI is InChI=1S/C12H26N2/c1-5-6-11-14(4)12-9-7-8-10-13(2)3/h5H,1,6-12H2,2-4H3. The molecule has 0 fully saturated rings. The van der Waals surface area contributed by atoms with Crippen LogP contribution in [0.5, 0.6) is 0 Å². The Morgan fingerprint density at radius 2 is 1.57 bits per heavy atom. The lowest BCUT2D eigenvalue weighted by Crippen LogP contribution is -2.20. The molecule has 0 unspecified atom stereocenters. The normalized spacial score (nSPS) is 11.2. The first kappa shape index (κ1) is 13.7. The molecule has 0 rings (SSSR count). The first-order valence-electron chi connectivity index (χ1n) is 5.61. The van der Waals surface area contributed by atoms with Gasteiger partial charge in [0.25, 0.3) is 0 Å². The van der Waals surface area contributed by atoms with Gasteiger partial charge in [0.15, 0.2) is 0 Å². The fourth-order valence-corrected chi connectivity index (χ4v) is 1.41. The minimum Gasteiger partial charge on any atom is -0.309 e. The predicted molar refractivity (Wildman–Crippen MR) is 64.7 cm³/mol. The van der Waals surface area contributed by atoms with Gasteiger partial charge in [-0.15, -0.1) is 6.58 Å². The molecule has 14 heavy (non-hydrogen) atoms. The predicted octanol–water partition coefficient (Wildman–Crippen LogP) is 2.23. The maximum absolute atomic E-state index is 3.73. The molecular formula is C12H26N2. The van der Waals surface area contributed by atoms with E-state index in [-0.39, 0.29) is 0 Å². The second-order valence-electron chi connectivity index (χ2n) is 4.24. The van der Waals surface area contributed by atoms with E-state index in [0.717, 1.165) is 13.0 Å². The quantitative estimate of drug-likeness (QED) is 0.414. The van der Waals surface area contributed by atoms with Crippen molar-refractivity contribution < 1.29 is 0 Å². The highest BCUT2D eigenvalue weighted by Gasteiger charge is 1.96. The Bertz CT molecular complexity index is 132. The molecule has 0 aliphatic carbocycles. The second kappa shape index (κ2) is 9.22. The zero-order valence-electron chi connectivity index (χ0n) is 10.1. The summed E-state index contributed by atoms with van der Waals surface area (Å²) < 4.78 is 0. The zero-order valence-corrected chi connectivity index (χ0v) is 10.1. The smallest absolute Gasteiger partial charge is 0.00128 e. The molecule has 2 nitrogen and oxygen atoms in total. The van der Waals surface area contributed by atoms with Gasteiger partial charge in [-0.1, -0.05) is 12.5 Å². The van der Waals surface area contributed by atoms with E-state index in [4.69, 9.17) is 0 Å². The van der Waals surface area contributed by atoms with E-state index in [1.807, 2.05) is 6.08 Å². The lowest BCUT2D eigenvalue weighted by atomic mass is 10.2. The molecule has 84 valence electrons. The Labute approximate surface area is 89.6 Å². The first-order valence-corrected chi connectivity index (χ1v) is 5.61. The highest BCUT2D eigenvalue weighted by molar-refractivity contribution is 4.68. The maximum Gasteiger partial charge on any atom is 0.00128 e. The molecule has 0 heterocycles. The maximum atomic E-state index is 3.73. The topological polar surface area (TPSA) is 6.48 Å². The van der Waals surface area contributed by atoms with Crippen LogP contribution >= 0.6 is 0 Å². The van der Waals surface area contributed by atoms with Crippen molar-refractivity contribution in [1.82, 2.24) is 9.80 Å². The van der Waals surface area contributed by atoms with Crippen molar-refractivity contribution in [3.05, 3.63) is 12.7 Å². The molecule has 0 bridgehead atoms. The molecule has 2 heteroatoms. The molecule has 0 aromatic rings. The second-order valence-corrected chi connectivity index (χ2v) is 4.24. The molecule has 0 aromatic heterocycles. The number of unbranched alkanes of at least 4 members (excludes halogenated alkanes) is 2. The van der Waals surface area contributed by atoms with Gasteiger partial charge in [-0.3, -0.25) is 0 Å². The molecule has 0 aliphatic heterocycles. The summed E-state index contributed by atoms with van der Waals surface area (Å²) in [6, 6.07) is 0. The minimum absolute atomic E-state index is 1.11. The van der Waals surface area contributed by atoms with E-state index in [2.05, 4.69) is 37.5 Å². The van der Waals surface area contributed by atoms with Crippen LogP contribution in [0.4, 0.5) is 0 Å². The number of nitrogens with zero attached hydrogens (tertiary/aromatic N) is 2. The van der Waals surface area contributed by atoms with Crippen LogP contribution in [0.1, 0.15) is 25.7 Å². The van der Waals surface area contributed by atoms with Crippen molar-refractivity contribution in [3.63, 3.8) is 0 Å². The molecule has 0 amide bonds. The van der Waals surface area contributed by atoms with Gasteiger partial charge in [-0.05, 0) is 53.5 Å². The van der Waals surface area contributed by atoms with Gasteiger partial charge >= 0.3 is 0 Å². The highest BCUT2D eigenvalue weighted by Crippen LogP contribution is 1.99. The van der Waals surface area contributed by atoms with E-state index < -0.39 is 0 Å². The Hall–Kier alpha value is -0.340. The summed E-state index contributed by atoms with van der Waals surface area (Å²) in [7, 11) is 6.46. The van der Waals surface area contributed by atoms with Crippen LogP contribution in [0, 0.1) is 0 Å². The van der Waals surface area contributed by atoms with Crippen molar-refractivity contribution >= 4 is 0 Å². The third-order valence-corrected chi connectivity index (χ3v) is 2.36. The van der Waals surface area contributed by atoms with Crippen LogP contribution in [0.2, 0.25) is 0 Å². The van der Waals surface area contributed by atoms with Crippen LogP contribution in [0.3, 0.4) is 0 Å². The fraction of sp³-hybridized carbons (Fsp3) is 0.833. The molecule has 0 saturated carbocycles. The lowest BCUT2D eigenvalue weighted by Gasteiger charge is -2.15. The van der Waals surface area contributed by atoms with Gasteiger partial charge in [0, 0.05) is 6.54 Å². The summed E-state index contributed by atoms with van der Waals surface area (Å²) in [5.41, 5.74) is 0. The summed E-state index contributed by atoms with van der Waals surface area (Å²) in [4.78, 5) is 4.64. The summed E-state index contributed by atoms with van der Waals surface area (Å²) in [6.07, 6.45) is 7.08. The summed E-state index contributed by atoms with van der Waals surface area (Å²) in [6.45, 7) is 7.32. The van der Waals surface area contributed by atoms with Gasteiger partial charge in [-0.2, -0.15) is 0 Å². The molecule has 0 aliphatic rings. The molecule has 0 radical (unpaired) electrons. The van der Waals surface area contributed by atoms with E-state index in [1.165, 1.54) is 32.4 Å². The number of hydrogen-bond acceptors (Lipinski definition) is 2. The summed E-state index contributed by atoms with van der Waals surface area (Å²) in [5.74, 6) is 0. The first-order chi connectivity index (χ1) is 6.66. The Kier molecular flexibility index (Phi) is 9.00. The lowest BCUT2D eigenvalue weighted by molar-refractivity contribution is 0.323. The third kappa shape index (κ3) is 9.75. The van der Waals surface area contributed by atoms with Gasteiger partial charge < -0.3 is 9.80 Å². The van der Waals surface area contributed by atoms with E-state index in [1.54, 1.807) is 0 Å². The summed E-state index contributed by atoms with van der Waals surface area (Å²) in [5, 5.41) is 0. The minimum atomic E-state index is 1.11. The average Bonchev–Trinajstić information content (AvgIpc) is 2.13. The Balaban J connectivity index is 3.14. The van der Waals surface area contributed by atoms with E-state index in [0.29, 0.717) is 0 Å². The SMILES string of the molecule is C=CCCN(C)CCCCCN(C)C. The molecule has 0 atom stereocenters.